The Labute approximate surface area is 75.1 Å². The Hall–Kier alpha value is -0.770. The average molecular weight is 195 g/mol. The zero-order valence-corrected chi connectivity index (χ0v) is 7.25. The van der Waals surface area contributed by atoms with Crippen molar-refractivity contribution in [1.29, 1.82) is 0 Å². The molecule has 4 nitrogen and oxygen atoms in total. The molecule has 12 heavy (non-hydrogen) atoms. The van der Waals surface area contributed by atoms with Gasteiger partial charge in [-0.25, -0.2) is 0 Å². The van der Waals surface area contributed by atoms with E-state index in [2.05, 4.69) is 0 Å². The standard InChI is InChI=1S/C7H11ClO4/c8-4-3-5(7(11)12)1-2-6(9)10/h5H,1-4H2,(H,9,10)(H,11,12). The Morgan fingerprint density at radius 1 is 1.25 bits per heavy atom. The molecule has 1 unspecified atom stereocenters. The molecule has 0 fully saturated rings. The van der Waals surface area contributed by atoms with Crippen LogP contribution in [-0.4, -0.2) is 28.0 Å². The maximum atomic E-state index is 10.5. The van der Waals surface area contributed by atoms with Crippen molar-refractivity contribution in [2.75, 3.05) is 5.88 Å². The van der Waals surface area contributed by atoms with E-state index in [-0.39, 0.29) is 18.7 Å². The summed E-state index contributed by atoms with van der Waals surface area (Å²) in [5, 5.41) is 16.9. The number of carboxylic acid groups (broad SMARTS) is 2. The minimum Gasteiger partial charge on any atom is -0.481 e. The van der Waals surface area contributed by atoms with Crippen LogP contribution in [0.4, 0.5) is 0 Å². The zero-order valence-electron chi connectivity index (χ0n) is 6.49. The monoisotopic (exact) mass is 194 g/mol. The van der Waals surface area contributed by atoms with Crippen LogP contribution >= 0.6 is 11.6 Å². The molecule has 2 N–H and O–H groups in total. The summed E-state index contributed by atoms with van der Waals surface area (Å²) >= 11 is 5.34. The molecule has 0 aromatic carbocycles. The van der Waals surface area contributed by atoms with Crippen LogP contribution in [0, 0.1) is 5.92 Å². The van der Waals surface area contributed by atoms with Gasteiger partial charge in [0.25, 0.3) is 0 Å². The summed E-state index contributed by atoms with van der Waals surface area (Å²) in [6.45, 7) is 0. The summed E-state index contributed by atoms with van der Waals surface area (Å²) < 4.78 is 0. The van der Waals surface area contributed by atoms with Crippen LogP contribution in [0.15, 0.2) is 0 Å². The van der Waals surface area contributed by atoms with E-state index in [1.165, 1.54) is 0 Å². The van der Waals surface area contributed by atoms with Gasteiger partial charge in [-0.15, -0.1) is 11.6 Å². The van der Waals surface area contributed by atoms with Crippen LogP contribution in [0.25, 0.3) is 0 Å². The molecule has 1 atom stereocenters. The molecule has 5 heteroatoms. The molecular formula is C7H11ClO4. The van der Waals surface area contributed by atoms with Crippen molar-refractivity contribution in [2.24, 2.45) is 5.92 Å². The fraction of sp³-hybridized carbons (Fsp3) is 0.714. The number of hydrogen-bond acceptors (Lipinski definition) is 2. The van der Waals surface area contributed by atoms with Gasteiger partial charge in [-0.1, -0.05) is 0 Å². The van der Waals surface area contributed by atoms with Gasteiger partial charge in [0.05, 0.1) is 5.92 Å². The van der Waals surface area contributed by atoms with Gasteiger partial charge < -0.3 is 10.2 Å². The second-order valence-electron chi connectivity index (χ2n) is 2.45. The van der Waals surface area contributed by atoms with Crippen molar-refractivity contribution >= 4 is 23.5 Å². The maximum absolute atomic E-state index is 10.5. The lowest BCUT2D eigenvalue weighted by Gasteiger charge is -2.07. The first-order valence-corrected chi connectivity index (χ1v) is 4.12. The summed E-state index contributed by atoms with van der Waals surface area (Å²) in [4.78, 5) is 20.6. The molecule has 0 aromatic rings. The first kappa shape index (κ1) is 11.2. The lowest BCUT2D eigenvalue weighted by Crippen LogP contribution is -2.15. The third kappa shape index (κ3) is 4.96. The predicted molar refractivity (Wildman–Crippen MR) is 43.3 cm³/mol. The molecule has 70 valence electrons. The van der Waals surface area contributed by atoms with E-state index >= 15 is 0 Å². The summed E-state index contributed by atoms with van der Waals surface area (Å²) in [6.07, 6.45) is 0.357. The van der Waals surface area contributed by atoms with Crippen molar-refractivity contribution in [3.05, 3.63) is 0 Å². The van der Waals surface area contributed by atoms with Gasteiger partial charge in [0.2, 0.25) is 0 Å². The van der Waals surface area contributed by atoms with Crippen molar-refractivity contribution in [2.45, 2.75) is 19.3 Å². The van der Waals surface area contributed by atoms with Gasteiger partial charge in [0.15, 0.2) is 0 Å². The van der Waals surface area contributed by atoms with E-state index in [0.717, 1.165) is 0 Å². The molecule has 0 aliphatic carbocycles. The van der Waals surface area contributed by atoms with Gasteiger partial charge in [-0.05, 0) is 12.8 Å². The first-order valence-electron chi connectivity index (χ1n) is 3.58. The Morgan fingerprint density at radius 2 is 1.83 bits per heavy atom. The van der Waals surface area contributed by atoms with E-state index in [4.69, 9.17) is 21.8 Å². The largest absolute Gasteiger partial charge is 0.481 e. The Kier molecular flexibility index (Phi) is 5.45. The molecule has 0 aliphatic rings. The first-order chi connectivity index (χ1) is 5.57. The van der Waals surface area contributed by atoms with Crippen molar-refractivity contribution in [3.8, 4) is 0 Å². The highest BCUT2D eigenvalue weighted by atomic mass is 35.5. The van der Waals surface area contributed by atoms with Crippen LogP contribution in [0.2, 0.25) is 0 Å². The molecule has 0 saturated heterocycles. The fourth-order valence-electron chi connectivity index (χ4n) is 0.821. The zero-order chi connectivity index (χ0) is 9.56. The van der Waals surface area contributed by atoms with Crippen molar-refractivity contribution in [3.63, 3.8) is 0 Å². The molecule has 0 rings (SSSR count). The quantitative estimate of drug-likeness (QED) is 0.623. The highest BCUT2D eigenvalue weighted by Crippen LogP contribution is 2.12. The molecular weight excluding hydrogens is 184 g/mol. The maximum Gasteiger partial charge on any atom is 0.306 e. The number of carboxylic acids is 2. The molecule has 0 radical (unpaired) electrons. The molecule has 0 saturated carbocycles. The van der Waals surface area contributed by atoms with Crippen LogP contribution in [-0.2, 0) is 9.59 Å². The third-order valence-corrected chi connectivity index (χ3v) is 1.73. The highest BCUT2D eigenvalue weighted by molar-refractivity contribution is 6.17. The molecule has 0 bridgehead atoms. The summed E-state index contributed by atoms with van der Waals surface area (Å²) in [6, 6.07) is 0. The van der Waals surface area contributed by atoms with Crippen LogP contribution < -0.4 is 0 Å². The van der Waals surface area contributed by atoms with E-state index in [1.807, 2.05) is 0 Å². The minimum absolute atomic E-state index is 0.117. The summed E-state index contributed by atoms with van der Waals surface area (Å²) in [5.74, 6) is -2.33. The summed E-state index contributed by atoms with van der Waals surface area (Å²) in [7, 11) is 0. The van der Waals surface area contributed by atoms with Gasteiger partial charge in [0, 0.05) is 12.3 Å². The van der Waals surface area contributed by atoms with E-state index < -0.39 is 17.9 Å². The lowest BCUT2D eigenvalue weighted by atomic mass is 10.0. The highest BCUT2D eigenvalue weighted by Gasteiger charge is 2.17. The SMILES string of the molecule is O=C(O)CCC(CCCl)C(=O)O. The number of alkyl halides is 1. The minimum atomic E-state index is -0.976. The van der Waals surface area contributed by atoms with Crippen LogP contribution in [0.5, 0.6) is 0 Å². The topological polar surface area (TPSA) is 74.6 Å². The van der Waals surface area contributed by atoms with Gasteiger partial charge in [-0.3, -0.25) is 9.59 Å². The lowest BCUT2D eigenvalue weighted by molar-refractivity contribution is -0.143. The second-order valence-corrected chi connectivity index (χ2v) is 2.82. The number of halogens is 1. The Morgan fingerprint density at radius 3 is 2.17 bits per heavy atom. The van der Waals surface area contributed by atoms with E-state index in [1.54, 1.807) is 0 Å². The Balaban J connectivity index is 3.79. The molecule has 0 heterocycles. The van der Waals surface area contributed by atoms with Crippen molar-refractivity contribution in [1.82, 2.24) is 0 Å². The van der Waals surface area contributed by atoms with Gasteiger partial charge in [0.1, 0.15) is 0 Å². The molecule has 0 aliphatic heterocycles. The number of hydrogen-bond donors (Lipinski definition) is 2. The number of carbonyl (C=O) groups is 2. The number of aliphatic carboxylic acids is 2. The normalized spacial score (nSPS) is 12.4. The predicted octanol–water partition coefficient (Wildman–Crippen LogP) is 1.18. The molecule has 0 spiro atoms. The Bertz CT molecular complexity index is 169. The molecule has 0 aromatic heterocycles. The van der Waals surface area contributed by atoms with Crippen LogP contribution in [0.3, 0.4) is 0 Å². The fourth-order valence-corrected chi connectivity index (χ4v) is 1.08. The van der Waals surface area contributed by atoms with Crippen LogP contribution in [0.1, 0.15) is 19.3 Å². The average Bonchev–Trinajstić information content (AvgIpc) is 1.96. The van der Waals surface area contributed by atoms with E-state index in [0.29, 0.717) is 6.42 Å². The van der Waals surface area contributed by atoms with Gasteiger partial charge >= 0.3 is 11.9 Å². The van der Waals surface area contributed by atoms with Crippen molar-refractivity contribution < 1.29 is 19.8 Å². The smallest absolute Gasteiger partial charge is 0.306 e. The van der Waals surface area contributed by atoms with Gasteiger partial charge in [-0.2, -0.15) is 0 Å². The third-order valence-electron chi connectivity index (χ3n) is 1.51. The molecule has 0 amide bonds. The number of rotatable bonds is 6. The second kappa shape index (κ2) is 5.83. The van der Waals surface area contributed by atoms with E-state index in [9.17, 15) is 9.59 Å². The summed E-state index contributed by atoms with van der Waals surface area (Å²) in [5.41, 5.74) is 0.